The zero-order chi connectivity index (χ0) is 14.4. The van der Waals surface area contributed by atoms with Gasteiger partial charge in [-0.25, -0.2) is 8.78 Å². The highest BCUT2D eigenvalue weighted by Gasteiger charge is 2.20. The van der Waals surface area contributed by atoms with Gasteiger partial charge in [0, 0.05) is 0 Å². The molecule has 1 aliphatic heterocycles. The Kier molecular flexibility index (Phi) is 2.78. The van der Waals surface area contributed by atoms with E-state index in [2.05, 4.69) is 10.1 Å². The van der Waals surface area contributed by atoms with Crippen LogP contribution in [0.4, 0.5) is 8.78 Å². The quantitative estimate of drug-likeness (QED) is 0.765. The lowest BCUT2D eigenvalue weighted by Gasteiger charge is -2.05. The Labute approximate surface area is 113 Å². The van der Waals surface area contributed by atoms with Crippen molar-refractivity contribution >= 4 is 33.6 Å². The number of H-pyrrole nitrogens is 1. The molecule has 0 unspecified atom stereocenters. The van der Waals surface area contributed by atoms with Gasteiger partial charge >= 0.3 is 0 Å². The van der Waals surface area contributed by atoms with Crippen LogP contribution in [-0.4, -0.2) is 26.6 Å². The Morgan fingerprint density at radius 3 is 2.40 bits per heavy atom. The molecule has 0 saturated carbocycles. The van der Waals surface area contributed by atoms with Crippen LogP contribution in [0.25, 0.3) is 10.8 Å². The molecule has 2 heterocycles. The molecule has 1 aliphatic rings. The van der Waals surface area contributed by atoms with Crippen molar-refractivity contribution in [3.63, 3.8) is 0 Å². The highest BCUT2D eigenvalue weighted by Crippen LogP contribution is 2.15. The van der Waals surface area contributed by atoms with E-state index in [1.165, 1.54) is 0 Å². The number of nitrogens with one attached hydrogen (secondary N) is 1. The van der Waals surface area contributed by atoms with Gasteiger partial charge in [0.15, 0.2) is 16.8 Å². The maximum Gasteiger partial charge on any atom is 0.279 e. The number of aromatic amines is 1. The van der Waals surface area contributed by atoms with Crippen LogP contribution in [0.2, 0.25) is 0 Å². The predicted molar refractivity (Wildman–Crippen MR) is 69.0 cm³/mol. The van der Waals surface area contributed by atoms with Gasteiger partial charge in [0.2, 0.25) is 0 Å². The molecule has 20 heavy (non-hydrogen) atoms. The van der Waals surface area contributed by atoms with Gasteiger partial charge in [-0.2, -0.15) is 9.67 Å². The van der Waals surface area contributed by atoms with Crippen molar-refractivity contribution in [1.29, 1.82) is 0 Å². The molecule has 1 amide bonds. The van der Waals surface area contributed by atoms with Crippen LogP contribution in [0.3, 0.4) is 0 Å². The van der Waals surface area contributed by atoms with E-state index < -0.39 is 28.7 Å². The Balaban J connectivity index is 2.38. The summed E-state index contributed by atoms with van der Waals surface area (Å²) in [7, 11) is 0. The van der Waals surface area contributed by atoms with Gasteiger partial charge in [0.05, 0.1) is 16.5 Å². The van der Waals surface area contributed by atoms with E-state index in [0.717, 1.165) is 16.4 Å². The summed E-state index contributed by atoms with van der Waals surface area (Å²) in [5.74, 6) is -2.84. The van der Waals surface area contributed by atoms with Crippen molar-refractivity contribution in [2.24, 2.45) is 4.99 Å². The fraction of sp³-hybridized carbons (Fsp3) is 0.0909. The predicted octanol–water partition coefficient (Wildman–Crippen LogP) is 0.445. The van der Waals surface area contributed by atoms with Crippen LogP contribution in [0.1, 0.15) is 0 Å². The first-order chi connectivity index (χ1) is 9.47. The minimum Gasteiger partial charge on any atom is -0.272 e. The summed E-state index contributed by atoms with van der Waals surface area (Å²) in [6.45, 7) is 0. The summed E-state index contributed by atoms with van der Waals surface area (Å²) in [6, 6.07) is 1.31. The molecular weight excluding hydrogens is 292 g/mol. The molecule has 0 atom stereocenters. The third-order valence-corrected chi connectivity index (χ3v) is 3.61. The standard InChI is InChI=1S/C11H5F2N3O3S/c12-6-1-4-5(2-7(6)13)10(19)16(15-9(4)18)11-14-8(17)3-20-11/h1-2H,3H2,(H,15,18). The molecular formula is C11H5F2N3O3S. The number of carbonyl (C=O) groups is 1. The van der Waals surface area contributed by atoms with Crippen LogP contribution in [0.15, 0.2) is 26.7 Å². The zero-order valence-electron chi connectivity index (χ0n) is 9.65. The summed E-state index contributed by atoms with van der Waals surface area (Å²) in [5, 5.41) is 1.64. The molecule has 2 aromatic rings. The lowest BCUT2D eigenvalue weighted by Crippen LogP contribution is -2.33. The van der Waals surface area contributed by atoms with E-state index in [1.807, 2.05) is 0 Å². The topological polar surface area (TPSA) is 84.3 Å². The second-order valence-corrected chi connectivity index (χ2v) is 4.91. The molecule has 0 fully saturated rings. The van der Waals surface area contributed by atoms with Gasteiger partial charge in [-0.1, -0.05) is 11.8 Å². The molecule has 0 spiro atoms. The van der Waals surface area contributed by atoms with Crippen LogP contribution in [0, 0.1) is 11.6 Å². The number of aliphatic imine (C=N–C) groups is 1. The Morgan fingerprint density at radius 2 is 1.80 bits per heavy atom. The SMILES string of the molecule is O=C1CSC(n2[nH]c(=O)c3cc(F)c(F)cc3c2=O)=N1. The van der Waals surface area contributed by atoms with Crippen molar-refractivity contribution in [3.05, 3.63) is 44.5 Å². The fourth-order valence-corrected chi connectivity index (χ4v) is 2.53. The monoisotopic (exact) mass is 297 g/mol. The highest BCUT2D eigenvalue weighted by molar-refractivity contribution is 8.14. The summed E-state index contributed by atoms with van der Waals surface area (Å²) >= 11 is 0.968. The first-order valence-electron chi connectivity index (χ1n) is 5.36. The van der Waals surface area contributed by atoms with Crippen LogP contribution in [0.5, 0.6) is 0 Å². The lowest BCUT2D eigenvalue weighted by atomic mass is 10.2. The average Bonchev–Trinajstić information content (AvgIpc) is 2.82. The Hall–Kier alpha value is -2.29. The van der Waals surface area contributed by atoms with E-state index in [9.17, 15) is 23.2 Å². The molecule has 102 valence electrons. The van der Waals surface area contributed by atoms with E-state index in [4.69, 9.17) is 0 Å². The molecule has 1 aromatic carbocycles. The summed E-state index contributed by atoms with van der Waals surface area (Å²) in [5.41, 5.74) is -1.56. The number of rotatable bonds is 0. The number of thioether (sulfide) groups is 1. The number of nitrogens with zero attached hydrogens (tertiary/aromatic N) is 2. The molecule has 0 bridgehead atoms. The molecule has 1 N–H and O–H groups in total. The first-order valence-corrected chi connectivity index (χ1v) is 6.35. The van der Waals surface area contributed by atoms with Gasteiger partial charge in [-0.3, -0.25) is 19.5 Å². The largest absolute Gasteiger partial charge is 0.279 e. The summed E-state index contributed by atoms with van der Waals surface area (Å²) in [4.78, 5) is 38.6. The maximum absolute atomic E-state index is 13.2. The number of benzene rings is 1. The van der Waals surface area contributed by atoms with Gasteiger partial charge in [-0.05, 0) is 12.1 Å². The maximum atomic E-state index is 13.2. The number of hydrogen-bond acceptors (Lipinski definition) is 4. The van der Waals surface area contributed by atoms with Crippen LogP contribution >= 0.6 is 11.8 Å². The minimum atomic E-state index is -1.23. The van der Waals surface area contributed by atoms with Crippen molar-refractivity contribution < 1.29 is 13.6 Å². The van der Waals surface area contributed by atoms with E-state index in [0.29, 0.717) is 12.1 Å². The Morgan fingerprint density at radius 1 is 1.15 bits per heavy atom. The zero-order valence-corrected chi connectivity index (χ0v) is 10.5. The molecule has 1 aromatic heterocycles. The van der Waals surface area contributed by atoms with E-state index in [-0.39, 0.29) is 21.7 Å². The number of hydrogen-bond donors (Lipinski definition) is 1. The molecule has 0 saturated heterocycles. The number of aromatic nitrogens is 2. The fourth-order valence-electron chi connectivity index (χ4n) is 1.79. The number of amides is 1. The smallest absolute Gasteiger partial charge is 0.272 e. The molecule has 6 nitrogen and oxygen atoms in total. The first kappa shape index (κ1) is 12.7. The van der Waals surface area contributed by atoms with Gasteiger partial charge in [-0.15, -0.1) is 0 Å². The molecule has 0 radical (unpaired) electrons. The third-order valence-electron chi connectivity index (χ3n) is 2.69. The van der Waals surface area contributed by atoms with Gasteiger partial charge in [0.25, 0.3) is 17.0 Å². The normalized spacial score (nSPS) is 14.9. The van der Waals surface area contributed by atoms with Gasteiger partial charge < -0.3 is 0 Å². The highest BCUT2D eigenvalue weighted by atomic mass is 32.2. The number of halogens is 2. The number of carbonyl (C=O) groups excluding carboxylic acids is 1. The van der Waals surface area contributed by atoms with Crippen molar-refractivity contribution in [2.75, 3.05) is 5.75 Å². The third kappa shape index (κ3) is 1.86. The van der Waals surface area contributed by atoms with E-state index in [1.54, 1.807) is 0 Å². The second-order valence-electron chi connectivity index (χ2n) is 3.97. The molecule has 9 heteroatoms. The van der Waals surface area contributed by atoms with Crippen molar-refractivity contribution in [2.45, 2.75) is 0 Å². The molecule has 0 aliphatic carbocycles. The van der Waals surface area contributed by atoms with Crippen molar-refractivity contribution in [1.82, 2.24) is 9.78 Å². The summed E-state index contributed by atoms with van der Waals surface area (Å²) < 4.78 is 27.1. The summed E-state index contributed by atoms with van der Waals surface area (Å²) in [6.07, 6.45) is 0. The lowest BCUT2D eigenvalue weighted by molar-refractivity contribution is -0.115. The van der Waals surface area contributed by atoms with E-state index >= 15 is 0 Å². The minimum absolute atomic E-state index is 0.00346. The van der Waals surface area contributed by atoms with Gasteiger partial charge in [0.1, 0.15) is 0 Å². The van der Waals surface area contributed by atoms with Crippen LogP contribution < -0.4 is 11.1 Å². The molecule has 3 rings (SSSR count). The average molecular weight is 297 g/mol. The van der Waals surface area contributed by atoms with Crippen molar-refractivity contribution in [3.8, 4) is 0 Å². The second kappa shape index (κ2) is 4.37. The van der Waals surface area contributed by atoms with Crippen LogP contribution in [-0.2, 0) is 4.79 Å². The number of fused-ring (bicyclic) bond motifs is 1. The Bertz CT molecular complexity index is 900.